The third-order valence-electron chi connectivity index (χ3n) is 8.83. The molecule has 0 atom stereocenters. The lowest BCUT2D eigenvalue weighted by molar-refractivity contribution is -0.246. The Bertz CT molecular complexity index is 1170. The van der Waals surface area contributed by atoms with Gasteiger partial charge in [-0.1, -0.05) is 53.1 Å². The topological polar surface area (TPSA) is 52.6 Å². The number of hydroxylamine groups is 2. The molecule has 3 aromatic carbocycles. The van der Waals surface area contributed by atoms with Crippen LogP contribution in [0.1, 0.15) is 82.9 Å². The summed E-state index contributed by atoms with van der Waals surface area (Å²) in [6.07, 6.45) is 6.09. The van der Waals surface area contributed by atoms with Gasteiger partial charge in [-0.05, 0) is 117 Å². The second kappa shape index (κ2) is 12.8. The highest BCUT2D eigenvalue weighted by Crippen LogP contribution is 2.56. The van der Waals surface area contributed by atoms with Gasteiger partial charge in [-0.2, -0.15) is 5.06 Å². The smallest absolute Gasteiger partial charge is 0.220 e. The van der Waals surface area contributed by atoms with Crippen LogP contribution in [-0.4, -0.2) is 39.5 Å². The van der Waals surface area contributed by atoms with Crippen molar-refractivity contribution >= 4 is 29.1 Å². The van der Waals surface area contributed by atoms with Crippen LogP contribution in [0.3, 0.4) is 0 Å². The molecule has 0 unspecified atom stereocenters. The molecule has 0 bridgehead atoms. The van der Waals surface area contributed by atoms with Gasteiger partial charge in [0.15, 0.2) is 0 Å². The second-order valence-electron chi connectivity index (χ2n) is 13.5. The number of carbonyl (C=O) groups is 1. The van der Waals surface area contributed by atoms with Gasteiger partial charge in [0.05, 0.1) is 6.16 Å². The maximum atomic E-state index is 13.0. The van der Waals surface area contributed by atoms with E-state index in [9.17, 15) is 10.0 Å². The molecule has 41 heavy (non-hydrogen) atoms. The van der Waals surface area contributed by atoms with Crippen molar-refractivity contribution < 1.29 is 10.0 Å². The van der Waals surface area contributed by atoms with Crippen LogP contribution < -0.4 is 21.2 Å². The average molecular weight is 574 g/mol. The Morgan fingerprint density at radius 3 is 1.51 bits per heavy atom. The number of hydrogen-bond donors (Lipinski definition) is 2. The van der Waals surface area contributed by atoms with Crippen molar-refractivity contribution in [3.8, 4) is 0 Å². The summed E-state index contributed by atoms with van der Waals surface area (Å²) in [6, 6.07) is 27.7. The molecule has 1 amide bonds. The number of unbranched alkanes of at least 4 members (excludes halogenated alkanes) is 2. The van der Waals surface area contributed by atoms with E-state index in [-0.39, 0.29) is 23.0 Å². The van der Waals surface area contributed by atoms with E-state index in [4.69, 9.17) is 0 Å². The van der Waals surface area contributed by atoms with Gasteiger partial charge in [-0.3, -0.25) is 4.79 Å². The van der Waals surface area contributed by atoms with Crippen LogP contribution in [-0.2, 0) is 4.79 Å². The van der Waals surface area contributed by atoms with E-state index in [2.05, 4.69) is 98.9 Å². The number of nitrogens with zero attached hydrogens (tertiary/aromatic N) is 1. The molecular formula is C36H50N2O2P+. The summed E-state index contributed by atoms with van der Waals surface area (Å²) in [7, 11) is -1.87. The number of rotatable bonds is 10. The minimum absolute atomic E-state index is 0.0825. The van der Waals surface area contributed by atoms with Crippen molar-refractivity contribution in [3.63, 3.8) is 0 Å². The van der Waals surface area contributed by atoms with Crippen molar-refractivity contribution in [1.29, 1.82) is 0 Å². The first-order chi connectivity index (χ1) is 19.3. The summed E-state index contributed by atoms with van der Waals surface area (Å²) in [5, 5.41) is 19.6. The number of piperidine rings is 1. The van der Waals surface area contributed by atoms with Crippen molar-refractivity contribution in [2.75, 3.05) is 6.16 Å². The van der Waals surface area contributed by atoms with E-state index < -0.39 is 7.26 Å². The molecule has 0 aliphatic carbocycles. The number of amides is 1. The molecule has 0 radical (unpaired) electrons. The fourth-order valence-electron chi connectivity index (χ4n) is 6.72. The first-order valence-corrected chi connectivity index (χ1v) is 17.2. The third-order valence-corrected chi connectivity index (χ3v) is 13.4. The Kier molecular flexibility index (Phi) is 9.79. The van der Waals surface area contributed by atoms with Crippen molar-refractivity contribution in [2.45, 2.75) is 104 Å². The van der Waals surface area contributed by atoms with Crippen molar-refractivity contribution in [1.82, 2.24) is 10.4 Å². The van der Waals surface area contributed by atoms with E-state index in [1.807, 2.05) is 27.7 Å². The van der Waals surface area contributed by atoms with E-state index in [0.717, 1.165) is 38.3 Å². The second-order valence-corrected chi connectivity index (χ2v) is 17.1. The van der Waals surface area contributed by atoms with Crippen LogP contribution in [0.25, 0.3) is 0 Å². The lowest BCUT2D eigenvalue weighted by atomic mass is 9.79. The molecule has 2 N–H and O–H groups in total. The minimum Gasteiger partial charge on any atom is -0.353 e. The largest absolute Gasteiger partial charge is 0.353 e. The molecule has 3 aromatic rings. The highest BCUT2D eigenvalue weighted by molar-refractivity contribution is 7.95. The number of aryl methyl sites for hydroxylation is 3. The van der Waals surface area contributed by atoms with E-state index in [1.165, 1.54) is 37.7 Å². The molecule has 220 valence electrons. The zero-order valence-electron chi connectivity index (χ0n) is 26.2. The van der Waals surface area contributed by atoms with Crippen molar-refractivity contribution in [2.24, 2.45) is 0 Å². The highest BCUT2D eigenvalue weighted by Gasteiger charge is 2.46. The summed E-state index contributed by atoms with van der Waals surface area (Å²) in [6.45, 7) is 14.6. The van der Waals surface area contributed by atoms with Crippen LogP contribution in [0.2, 0.25) is 0 Å². The van der Waals surface area contributed by atoms with Crippen LogP contribution in [0.4, 0.5) is 0 Å². The number of benzene rings is 3. The fraction of sp³-hybridized carbons (Fsp3) is 0.472. The number of carbonyl (C=O) groups excluding carboxylic acids is 1. The lowest BCUT2D eigenvalue weighted by Crippen LogP contribution is -2.62. The highest BCUT2D eigenvalue weighted by atomic mass is 31.2. The molecule has 0 aromatic heterocycles. The molecule has 4 nitrogen and oxygen atoms in total. The molecule has 1 fully saturated rings. The van der Waals surface area contributed by atoms with Crippen LogP contribution >= 0.6 is 7.26 Å². The summed E-state index contributed by atoms with van der Waals surface area (Å²) in [4.78, 5) is 13.0. The average Bonchev–Trinajstić information content (AvgIpc) is 2.91. The summed E-state index contributed by atoms with van der Waals surface area (Å²) in [5.74, 6) is 0.129. The van der Waals surface area contributed by atoms with Gasteiger partial charge in [0, 0.05) is 23.5 Å². The lowest BCUT2D eigenvalue weighted by Gasteiger charge is -2.51. The maximum Gasteiger partial charge on any atom is 0.220 e. The van der Waals surface area contributed by atoms with Gasteiger partial charge >= 0.3 is 0 Å². The fourth-order valence-corrected chi connectivity index (χ4v) is 11.1. The molecule has 4 rings (SSSR count). The molecule has 5 heteroatoms. The SMILES string of the molecule is Cc1ccc([P+](CCCCCC(=O)NC2CC(C)(C)N(O)C(C)(C)C2)(c2ccc(C)cc2)c2ccc(C)cc2)cc1. The Hall–Kier alpha value is -2.52. The van der Waals surface area contributed by atoms with E-state index in [1.54, 1.807) is 0 Å². The zero-order valence-corrected chi connectivity index (χ0v) is 27.1. The summed E-state index contributed by atoms with van der Waals surface area (Å²) < 4.78 is 0. The molecule has 0 spiro atoms. The van der Waals surface area contributed by atoms with Crippen LogP contribution in [0.5, 0.6) is 0 Å². The van der Waals surface area contributed by atoms with E-state index >= 15 is 0 Å². The first-order valence-electron chi connectivity index (χ1n) is 15.2. The van der Waals surface area contributed by atoms with Crippen LogP contribution in [0.15, 0.2) is 72.8 Å². The Morgan fingerprint density at radius 1 is 0.732 bits per heavy atom. The van der Waals surface area contributed by atoms with Gasteiger partial charge < -0.3 is 10.5 Å². The number of nitrogens with one attached hydrogen (secondary N) is 1. The van der Waals surface area contributed by atoms with Crippen LogP contribution in [0, 0.1) is 20.8 Å². The third kappa shape index (κ3) is 7.28. The molecule has 1 heterocycles. The minimum atomic E-state index is -1.87. The van der Waals surface area contributed by atoms with Gasteiger partial charge in [-0.15, -0.1) is 0 Å². The van der Waals surface area contributed by atoms with Crippen molar-refractivity contribution in [3.05, 3.63) is 89.5 Å². The Balaban J connectivity index is 1.47. The predicted molar refractivity (Wildman–Crippen MR) is 176 cm³/mol. The van der Waals surface area contributed by atoms with E-state index in [0.29, 0.717) is 6.42 Å². The van der Waals surface area contributed by atoms with Gasteiger partial charge in [-0.25, -0.2) is 0 Å². The molecule has 1 aliphatic rings. The normalized spacial score (nSPS) is 17.4. The summed E-state index contributed by atoms with van der Waals surface area (Å²) in [5.41, 5.74) is 3.11. The molecule has 1 aliphatic heterocycles. The standard InChI is InChI=1S/C36H49N2O2P/c1-27-12-18-31(19-13-27)41(32-20-14-28(2)15-21-32,33-22-16-29(3)17-23-33)24-10-8-9-11-34(39)37-30-25-35(4,5)38(40)36(6,7)26-30/h12-23,30,40H,8-11,24-26H2,1-7H3/p+1. The molecule has 0 saturated carbocycles. The maximum absolute atomic E-state index is 13.0. The zero-order chi connectivity index (χ0) is 29.8. The first kappa shape index (κ1) is 31.4. The van der Waals surface area contributed by atoms with Gasteiger partial charge in [0.1, 0.15) is 23.2 Å². The Labute approximate surface area is 248 Å². The quantitative estimate of drug-likeness (QED) is 0.203. The molecular weight excluding hydrogens is 523 g/mol. The number of hydrogen-bond acceptors (Lipinski definition) is 3. The summed E-state index contributed by atoms with van der Waals surface area (Å²) >= 11 is 0. The Morgan fingerprint density at radius 2 is 1.12 bits per heavy atom. The van der Waals surface area contributed by atoms with Gasteiger partial charge in [0.25, 0.3) is 0 Å². The van der Waals surface area contributed by atoms with Gasteiger partial charge in [0.2, 0.25) is 5.91 Å². The monoisotopic (exact) mass is 573 g/mol. The predicted octanol–water partition coefficient (Wildman–Crippen LogP) is 6.99. The molecule has 1 saturated heterocycles.